The summed E-state index contributed by atoms with van der Waals surface area (Å²) in [5.41, 5.74) is 2.51. The van der Waals surface area contributed by atoms with Crippen LogP contribution in [-0.2, 0) is 16.1 Å². The van der Waals surface area contributed by atoms with Gasteiger partial charge in [0, 0.05) is 23.7 Å². The standard InChI is InChI=1S/C24H28N2O4/c1-2-30-24(29)20-12-14-21(15-13-20)26-23(28)19-10-8-17(9-11-19)16-25-22(27)18-6-4-3-5-7-18/h8-15,18H,2-7,16H2,1H3,(H,25,27)(H,26,28). The molecule has 2 amide bonds. The minimum absolute atomic E-state index is 0.128. The Balaban J connectivity index is 1.50. The van der Waals surface area contributed by atoms with Crippen LogP contribution in [0.15, 0.2) is 48.5 Å². The predicted molar refractivity (Wildman–Crippen MR) is 115 cm³/mol. The number of rotatable bonds is 7. The fourth-order valence-corrected chi connectivity index (χ4v) is 3.58. The van der Waals surface area contributed by atoms with Gasteiger partial charge in [0.25, 0.3) is 5.91 Å². The van der Waals surface area contributed by atoms with Gasteiger partial charge in [0.2, 0.25) is 5.91 Å². The lowest BCUT2D eigenvalue weighted by Crippen LogP contribution is -2.31. The Labute approximate surface area is 177 Å². The number of anilines is 1. The first-order valence-electron chi connectivity index (χ1n) is 10.5. The van der Waals surface area contributed by atoms with Gasteiger partial charge in [0.1, 0.15) is 0 Å². The second-order valence-corrected chi connectivity index (χ2v) is 7.50. The van der Waals surface area contributed by atoms with Crippen molar-refractivity contribution in [1.29, 1.82) is 0 Å². The van der Waals surface area contributed by atoms with E-state index in [1.165, 1.54) is 6.42 Å². The monoisotopic (exact) mass is 408 g/mol. The van der Waals surface area contributed by atoms with Gasteiger partial charge in [-0.15, -0.1) is 0 Å². The van der Waals surface area contributed by atoms with Gasteiger partial charge >= 0.3 is 5.97 Å². The van der Waals surface area contributed by atoms with E-state index in [0.29, 0.717) is 30.0 Å². The summed E-state index contributed by atoms with van der Waals surface area (Å²) >= 11 is 0. The molecule has 3 rings (SSSR count). The number of carbonyl (C=O) groups is 3. The van der Waals surface area contributed by atoms with E-state index in [-0.39, 0.29) is 23.7 Å². The number of nitrogens with one attached hydrogen (secondary N) is 2. The molecule has 0 radical (unpaired) electrons. The number of amides is 2. The van der Waals surface area contributed by atoms with Crippen molar-refractivity contribution in [3.63, 3.8) is 0 Å². The Morgan fingerprint density at radius 1 is 0.900 bits per heavy atom. The van der Waals surface area contributed by atoms with E-state index in [4.69, 9.17) is 4.74 Å². The maximum Gasteiger partial charge on any atom is 0.338 e. The molecule has 30 heavy (non-hydrogen) atoms. The fourth-order valence-electron chi connectivity index (χ4n) is 3.58. The highest BCUT2D eigenvalue weighted by molar-refractivity contribution is 6.04. The van der Waals surface area contributed by atoms with Gasteiger partial charge in [-0.3, -0.25) is 9.59 Å². The summed E-state index contributed by atoms with van der Waals surface area (Å²) in [5, 5.41) is 5.81. The number of esters is 1. The number of hydrogen-bond acceptors (Lipinski definition) is 4. The predicted octanol–water partition coefficient (Wildman–Crippen LogP) is 4.31. The van der Waals surface area contributed by atoms with Gasteiger partial charge in [0.05, 0.1) is 12.2 Å². The Hall–Kier alpha value is -3.15. The summed E-state index contributed by atoms with van der Waals surface area (Å²) in [6.07, 6.45) is 5.45. The highest BCUT2D eigenvalue weighted by Crippen LogP contribution is 2.23. The van der Waals surface area contributed by atoms with Gasteiger partial charge < -0.3 is 15.4 Å². The van der Waals surface area contributed by atoms with Crippen LogP contribution in [0.25, 0.3) is 0 Å². The van der Waals surface area contributed by atoms with Gasteiger partial charge in [-0.2, -0.15) is 0 Å². The molecule has 0 unspecified atom stereocenters. The number of carbonyl (C=O) groups excluding carboxylic acids is 3. The Bertz CT molecular complexity index is 869. The molecule has 0 bridgehead atoms. The van der Waals surface area contributed by atoms with E-state index in [1.54, 1.807) is 43.3 Å². The molecule has 0 atom stereocenters. The minimum atomic E-state index is -0.387. The van der Waals surface area contributed by atoms with E-state index < -0.39 is 0 Å². The van der Waals surface area contributed by atoms with Gasteiger partial charge in [0.15, 0.2) is 0 Å². The maximum absolute atomic E-state index is 12.4. The summed E-state index contributed by atoms with van der Waals surface area (Å²) in [4.78, 5) is 36.4. The van der Waals surface area contributed by atoms with E-state index in [9.17, 15) is 14.4 Å². The topological polar surface area (TPSA) is 84.5 Å². The van der Waals surface area contributed by atoms with Crippen LogP contribution in [0.5, 0.6) is 0 Å². The van der Waals surface area contributed by atoms with Crippen LogP contribution in [0.2, 0.25) is 0 Å². The van der Waals surface area contributed by atoms with E-state index in [1.807, 2.05) is 12.1 Å². The van der Waals surface area contributed by atoms with Crippen molar-refractivity contribution in [3.8, 4) is 0 Å². The molecule has 1 aliphatic carbocycles. The average molecular weight is 408 g/mol. The third kappa shape index (κ3) is 5.92. The normalized spacial score (nSPS) is 14.0. The van der Waals surface area contributed by atoms with E-state index >= 15 is 0 Å². The van der Waals surface area contributed by atoms with Gasteiger partial charge in [-0.05, 0) is 61.7 Å². The van der Waals surface area contributed by atoms with Crippen LogP contribution in [0.1, 0.15) is 65.3 Å². The molecule has 1 saturated carbocycles. The molecule has 0 spiro atoms. The molecule has 1 fully saturated rings. The van der Waals surface area contributed by atoms with Gasteiger partial charge in [-0.25, -0.2) is 4.79 Å². The first kappa shape index (κ1) is 21.6. The number of ether oxygens (including phenoxy) is 1. The highest BCUT2D eigenvalue weighted by atomic mass is 16.5. The second-order valence-electron chi connectivity index (χ2n) is 7.50. The molecule has 2 aromatic carbocycles. The molecular weight excluding hydrogens is 380 g/mol. The molecule has 0 aliphatic heterocycles. The zero-order chi connectivity index (χ0) is 21.3. The molecule has 1 aliphatic rings. The molecule has 0 heterocycles. The quantitative estimate of drug-likeness (QED) is 0.669. The van der Waals surface area contributed by atoms with Crippen molar-refractivity contribution < 1.29 is 19.1 Å². The summed E-state index contributed by atoms with van der Waals surface area (Å²) in [7, 11) is 0. The maximum atomic E-state index is 12.4. The molecule has 2 N–H and O–H groups in total. The van der Waals surface area contributed by atoms with Gasteiger partial charge in [-0.1, -0.05) is 31.4 Å². The van der Waals surface area contributed by atoms with Crippen LogP contribution in [0, 0.1) is 5.92 Å². The molecule has 2 aromatic rings. The van der Waals surface area contributed by atoms with Crippen molar-refractivity contribution in [3.05, 3.63) is 65.2 Å². The molecular formula is C24H28N2O4. The summed E-state index contributed by atoms with van der Waals surface area (Å²) in [6.45, 7) is 2.53. The zero-order valence-electron chi connectivity index (χ0n) is 17.3. The Morgan fingerprint density at radius 3 is 2.17 bits per heavy atom. The van der Waals surface area contributed by atoms with Crippen molar-refractivity contribution in [1.82, 2.24) is 5.32 Å². The Morgan fingerprint density at radius 2 is 1.53 bits per heavy atom. The van der Waals surface area contributed by atoms with Crippen LogP contribution in [-0.4, -0.2) is 24.4 Å². The van der Waals surface area contributed by atoms with E-state index in [2.05, 4.69) is 10.6 Å². The third-order valence-electron chi connectivity index (χ3n) is 5.31. The molecule has 0 aromatic heterocycles. The van der Waals surface area contributed by atoms with Crippen molar-refractivity contribution >= 4 is 23.5 Å². The van der Waals surface area contributed by atoms with Crippen molar-refractivity contribution in [2.24, 2.45) is 5.92 Å². The SMILES string of the molecule is CCOC(=O)c1ccc(NC(=O)c2ccc(CNC(=O)C3CCCCC3)cc2)cc1. The smallest absolute Gasteiger partial charge is 0.338 e. The lowest BCUT2D eigenvalue weighted by molar-refractivity contribution is -0.126. The highest BCUT2D eigenvalue weighted by Gasteiger charge is 2.20. The number of hydrogen-bond donors (Lipinski definition) is 2. The second kappa shape index (κ2) is 10.6. The van der Waals surface area contributed by atoms with Crippen molar-refractivity contribution in [2.75, 3.05) is 11.9 Å². The number of benzene rings is 2. The lowest BCUT2D eigenvalue weighted by atomic mass is 9.88. The summed E-state index contributed by atoms with van der Waals surface area (Å²) in [5.74, 6) is -0.361. The molecule has 6 nitrogen and oxygen atoms in total. The van der Waals surface area contributed by atoms with Crippen LogP contribution in [0.4, 0.5) is 5.69 Å². The average Bonchev–Trinajstić information content (AvgIpc) is 2.79. The lowest BCUT2D eigenvalue weighted by Gasteiger charge is -2.20. The Kier molecular flexibility index (Phi) is 7.60. The van der Waals surface area contributed by atoms with E-state index in [0.717, 1.165) is 31.2 Å². The van der Waals surface area contributed by atoms with Crippen molar-refractivity contribution in [2.45, 2.75) is 45.6 Å². The molecule has 158 valence electrons. The van der Waals surface area contributed by atoms with Crippen LogP contribution >= 0.6 is 0 Å². The molecule has 0 saturated heterocycles. The third-order valence-corrected chi connectivity index (χ3v) is 5.31. The van der Waals surface area contributed by atoms with Crippen LogP contribution < -0.4 is 10.6 Å². The van der Waals surface area contributed by atoms with Crippen LogP contribution in [0.3, 0.4) is 0 Å². The minimum Gasteiger partial charge on any atom is -0.462 e. The summed E-state index contributed by atoms with van der Waals surface area (Å²) in [6, 6.07) is 13.7. The summed E-state index contributed by atoms with van der Waals surface area (Å²) < 4.78 is 4.95. The largest absolute Gasteiger partial charge is 0.462 e. The zero-order valence-corrected chi connectivity index (χ0v) is 17.3. The first-order chi connectivity index (χ1) is 14.6. The molecule has 6 heteroatoms. The first-order valence-corrected chi connectivity index (χ1v) is 10.5. The fraction of sp³-hybridized carbons (Fsp3) is 0.375.